The van der Waals surface area contributed by atoms with E-state index in [1.54, 1.807) is 4.90 Å². The molecule has 1 rings (SSSR count). The summed E-state index contributed by atoms with van der Waals surface area (Å²) in [7, 11) is 0. The Bertz CT molecular complexity index is 257. The number of carbonyl (C=O) groups is 2. The van der Waals surface area contributed by atoms with Crippen LogP contribution in [0.25, 0.3) is 0 Å². The Morgan fingerprint density at radius 3 is 2.31 bits per heavy atom. The van der Waals surface area contributed by atoms with Crippen molar-refractivity contribution in [1.29, 1.82) is 0 Å². The van der Waals surface area contributed by atoms with Gasteiger partial charge >= 0.3 is 12.0 Å². The summed E-state index contributed by atoms with van der Waals surface area (Å²) in [5, 5.41) is 10.5. The molecule has 0 saturated carbocycles. The van der Waals surface area contributed by atoms with Gasteiger partial charge in [0.25, 0.3) is 3.79 Å². The average Bonchev–Trinajstić information content (AvgIpc) is 2.52. The summed E-state index contributed by atoms with van der Waals surface area (Å²) >= 11 is 14.4. The third-order valence-corrected chi connectivity index (χ3v) is 2.07. The lowest BCUT2D eigenvalue weighted by Gasteiger charge is -2.10. The fourth-order valence-corrected chi connectivity index (χ4v) is 0.880. The van der Waals surface area contributed by atoms with E-state index in [1.807, 2.05) is 0 Å². The molecule has 9 heteroatoms. The minimum absolute atomic E-state index is 0.0143. The molecule has 16 heavy (non-hydrogen) atoms. The summed E-state index contributed by atoms with van der Waals surface area (Å²) < 4.78 is -2.17. The highest BCUT2D eigenvalue weighted by Gasteiger charge is 2.29. The van der Waals surface area contributed by atoms with Crippen molar-refractivity contribution in [1.82, 2.24) is 10.2 Å². The Morgan fingerprint density at radius 2 is 2.06 bits per heavy atom. The highest BCUT2D eigenvalue weighted by Crippen LogP contribution is 2.25. The van der Waals surface area contributed by atoms with Gasteiger partial charge in [-0.3, -0.25) is 0 Å². The van der Waals surface area contributed by atoms with Gasteiger partial charge in [0, 0.05) is 26.2 Å². The number of amides is 2. The fourth-order valence-electron chi connectivity index (χ4n) is 0.880. The predicted octanol–water partition coefficient (Wildman–Crippen LogP) is 0.411. The second kappa shape index (κ2) is 7.01. The Labute approximate surface area is 108 Å². The fraction of sp³-hybridized carbons (Fsp3) is 0.714. The molecule has 6 nitrogen and oxygen atoms in total. The lowest BCUT2D eigenvalue weighted by molar-refractivity contribution is -0.135. The summed E-state index contributed by atoms with van der Waals surface area (Å²) in [6, 6.07) is 0.0143. The first-order chi connectivity index (χ1) is 7.29. The molecule has 0 radical (unpaired) electrons. The van der Waals surface area contributed by atoms with Crippen molar-refractivity contribution in [2.75, 3.05) is 26.2 Å². The van der Waals surface area contributed by atoms with Crippen molar-refractivity contribution < 1.29 is 14.7 Å². The normalized spacial score (nSPS) is 15.2. The second-order valence-electron chi connectivity index (χ2n) is 2.81. The van der Waals surface area contributed by atoms with Crippen molar-refractivity contribution >= 4 is 46.8 Å². The molecule has 0 aromatic rings. The van der Waals surface area contributed by atoms with E-state index in [9.17, 15) is 9.59 Å². The number of nitrogens with one attached hydrogen (secondary N) is 1. The zero-order valence-electron chi connectivity index (χ0n) is 8.25. The van der Waals surface area contributed by atoms with Crippen LogP contribution in [0.15, 0.2) is 0 Å². The van der Waals surface area contributed by atoms with E-state index in [0.29, 0.717) is 13.1 Å². The van der Waals surface area contributed by atoms with Gasteiger partial charge < -0.3 is 21.1 Å². The first-order valence-electron chi connectivity index (χ1n) is 4.32. The maximum atomic E-state index is 10.7. The molecule has 2 amide bonds. The van der Waals surface area contributed by atoms with Gasteiger partial charge in [0.15, 0.2) is 0 Å². The molecule has 1 saturated heterocycles. The molecule has 0 atom stereocenters. The SMILES string of the molecule is NCCN1CCNC1=O.O=C(O)C(Cl)(Cl)Cl. The molecular weight excluding hydrogens is 280 g/mol. The van der Waals surface area contributed by atoms with Gasteiger partial charge in [-0.25, -0.2) is 9.59 Å². The number of nitrogens with two attached hydrogens (primary N) is 1. The van der Waals surface area contributed by atoms with Crippen molar-refractivity contribution in [3.8, 4) is 0 Å². The highest BCUT2D eigenvalue weighted by atomic mass is 35.6. The number of aliphatic carboxylic acids is 1. The van der Waals surface area contributed by atoms with Gasteiger partial charge in [0.1, 0.15) is 0 Å². The van der Waals surface area contributed by atoms with E-state index in [-0.39, 0.29) is 6.03 Å². The number of hydrogen-bond donors (Lipinski definition) is 3. The Balaban J connectivity index is 0.000000293. The van der Waals surface area contributed by atoms with Gasteiger partial charge in [0.2, 0.25) is 0 Å². The molecule has 0 aromatic carbocycles. The van der Waals surface area contributed by atoms with Crippen molar-refractivity contribution in [2.45, 2.75) is 3.79 Å². The number of carboxylic acid groups (broad SMARTS) is 1. The number of rotatable bonds is 2. The largest absolute Gasteiger partial charge is 0.478 e. The monoisotopic (exact) mass is 291 g/mol. The molecule has 0 bridgehead atoms. The number of carboxylic acids is 1. The third-order valence-electron chi connectivity index (χ3n) is 1.59. The molecule has 94 valence electrons. The zero-order chi connectivity index (χ0) is 12.8. The summed E-state index contributed by atoms with van der Waals surface area (Å²) in [4.78, 5) is 22.1. The summed E-state index contributed by atoms with van der Waals surface area (Å²) in [6.07, 6.45) is 0. The van der Waals surface area contributed by atoms with E-state index < -0.39 is 9.76 Å². The van der Waals surface area contributed by atoms with Crippen LogP contribution in [0.2, 0.25) is 0 Å². The quantitative estimate of drug-likeness (QED) is 0.642. The van der Waals surface area contributed by atoms with E-state index in [2.05, 4.69) is 5.32 Å². The molecule has 0 aromatic heterocycles. The number of alkyl halides is 3. The molecule has 0 spiro atoms. The van der Waals surface area contributed by atoms with Crippen LogP contribution in [0.3, 0.4) is 0 Å². The standard InChI is InChI=1S/C5H11N3O.C2HCl3O2/c6-1-3-8-4-2-7-5(8)9;3-2(4,5)1(6)7/h1-4,6H2,(H,7,9);(H,6,7). The Hall–Kier alpha value is -0.430. The zero-order valence-corrected chi connectivity index (χ0v) is 10.5. The van der Waals surface area contributed by atoms with E-state index in [0.717, 1.165) is 13.1 Å². The lowest BCUT2D eigenvalue weighted by atomic mass is 10.5. The first-order valence-corrected chi connectivity index (χ1v) is 5.45. The molecule has 0 aliphatic carbocycles. The van der Waals surface area contributed by atoms with Crippen LogP contribution in [0.4, 0.5) is 4.79 Å². The minimum Gasteiger partial charge on any atom is -0.478 e. The van der Waals surface area contributed by atoms with Crippen LogP contribution in [-0.2, 0) is 4.79 Å². The van der Waals surface area contributed by atoms with Crippen LogP contribution in [0.1, 0.15) is 0 Å². The Kier molecular flexibility index (Phi) is 6.82. The van der Waals surface area contributed by atoms with Crippen molar-refractivity contribution in [3.63, 3.8) is 0 Å². The summed E-state index contributed by atoms with van der Waals surface area (Å²) in [5.41, 5.74) is 5.25. The molecule has 1 heterocycles. The number of hydrogen-bond acceptors (Lipinski definition) is 3. The number of carbonyl (C=O) groups excluding carboxylic acids is 1. The molecule has 1 aliphatic heterocycles. The van der Waals surface area contributed by atoms with Gasteiger partial charge in [0.05, 0.1) is 0 Å². The van der Waals surface area contributed by atoms with Crippen molar-refractivity contribution in [3.05, 3.63) is 0 Å². The third kappa shape index (κ3) is 6.22. The highest BCUT2D eigenvalue weighted by molar-refractivity contribution is 6.75. The molecule has 0 unspecified atom stereocenters. The predicted molar refractivity (Wildman–Crippen MR) is 62.0 cm³/mol. The average molecular weight is 293 g/mol. The Morgan fingerprint density at radius 1 is 1.56 bits per heavy atom. The van der Waals surface area contributed by atoms with Crippen LogP contribution in [0, 0.1) is 0 Å². The summed E-state index contributed by atoms with van der Waals surface area (Å²) in [6.45, 7) is 2.79. The topological polar surface area (TPSA) is 95.7 Å². The van der Waals surface area contributed by atoms with Gasteiger partial charge in [-0.2, -0.15) is 0 Å². The maximum Gasteiger partial charge on any atom is 0.356 e. The maximum absolute atomic E-state index is 10.7. The van der Waals surface area contributed by atoms with Gasteiger partial charge in [-0.05, 0) is 0 Å². The van der Waals surface area contributed by atoms with Gasteiger partial charge in [-0.15, -0.1) is 0 Å². The summed E-state index contributed by atoms with van der Waals surface area (Å²) in [5.74, 6) is -1.46. The molecular formula is C7H12Cl3N3O3. The van der Waals surface area contributed by atoms with Crippen LogP contribution in [-0.4, -0.2) is 52.0 Å². The van der Waals surface area contributed by atoms with E-state index >= 15 is 0 Å². The van der Waals surface area contributed by atoms with Crippen LogP contribution < -0.4 is 11.1 Å². The molecule has 1 fully saturated rings. The number of halogens is 3. The molecule has 1 aliphatic rings. The van der Waals surface area contributed by atoms with E-state index in [1.165, 1.54) is 0 Å². The minimum atomic E-state index is -2.17. The van der Waals surface area contributed by atoms with Crippen molar-refractivity contribution in [2.24, 2.45) is 5.73 Å². The molecule has 4 N–H and O–H groups in total. The van der Waals surface area contributed by atoms with Gasteiger partial charge in [-0.1, -0.05) is 34.8 Å². The number of urea groups is 1. The smallest absolute Gasteiger partial charge is 0.356 e. The second-order valence-corrected chi connectivity index (χ2v) is 5.09. The van der Waals surface area contributed by atoms with Crippen LogP contribution >= 0.6 is 34.8 Å². The van der Waals surface area contributed by atoms with E-state index in [4.69, 9.17) is 45.6 Å². The number of nitrogens with zero attached hydrogens (tertiary/aromatic N) is 1. The van der Waals surface area contributed by atoms with Crippen LogP contribution in [0.5, 0.6) is 0 Å². The lowest BCUT2D eigenvalue weighted by Crippen LogP contribution is -2.32. The first kappa shape index (κ1) is 15.6.